The highest BCUT2D eigenvalue weighted by atomic mass is 79.9. The molecule has 2 rings (SSSR count). The smallest absolute Gasteiger partial charge is 0.0671 e. The minimum Gasteiger partial charge on any atom is -0.306 e. The molecule has 0 aliphatic rings. The summed E-state index contributed by atoms with van der Waals surface area (Å²) in [6.07, 6.45) is 1.11. The van der Waals surface area contributed by atoms with E-state index in [2.05, 4.69) is 71.5 Å². The number of nitrogens with one attached hydrogen (secondary N) is 1. The van der Waals surface area contributed by atoms with Crippen LogP contribution in [0.5, 0.6) is 0 Å². The van der Waals surface area contributed by atoms with Crippen molar-refractivity contribution in [3.63, 3.8) is 0 Å². The molecule has 0 spiro atoms. The molecule has 1 heterocycles. The van der Waals surface area contributed by atoms with Crippen LogP contribution in [0.25, 0.3) is 0 Å². The Morgan fingerprint density at radius 1 is 1.11 bits per heavy atom. The number of halogens is 1. The first-order valence-corrected chi connectivity index (χ1v) is 7.93. The summed E-state index contributed by atoms with van der Waals surface area (Å²) >= 11 is 5.39. The van der Waals surface area contributed by atoms with Gasteiger partial charge < -0.3 is 5.32 Å². The zero-order valence-electron chi connectivity index (χ0n) is 10.7. The van der Waals surface area contributed by atoms with Gasteiger partial charge in [0.25, 0.3) is 0 Å². The van der Waals surface area contributed by atoms with Crippen LogP contribution < -0.4 is 5.32 Å². The minimum absolute atomic E-state index is 0.313. The van der Waals surface area contributed by atoms with Crippen LogP contribution in [0.2, 0.25) is 0 Å². The molecule has 1 unspecified atom stereocenters. The number of aryl methyl sites for hydroxylation is 1. The standard InChI is InChI=1S/C15H18BrNS/c1-3-13-9-10-14(18-13)15(17-4-2)11-5-7-12(16)8-6-11/h5-10,15,17H,3-4H2,1-2H3. The van der Waals surface area contributed by atoms with Gasteiger partial charge in [-0.25, -0.2) is 0 Å². The lowest BCUT2D eigenvalue weighted by Gasteiger charge is -2.17. The molecular weight excluding hydrogens is 306 g/mol. The quantitative estimate of drug-likeness (QED) is 0.835. The Balaban J connectivity index is 2.29. The molecule has 1 aromatic carbocycles. The second-order valence-corrected chi connectivity index (χ2v) is 6.32. The molecule has 1 atom stereocenters. The average Bonchev–Trinajstić information content (AvgIpc) is 2.86. The van der Waals surface area contributed by atoms with Crippen molar-refractivity contribution < 1.29 is 0 Å². The van der Waals surface area contributed by atoms with Crippen molar-refractivity contribution in [2.24, 2.45) is 0 Å². The Morgan fingerprint density at radius 2 is 1.83 bits per heavy atom. The van der Waals surface area contributed by atoms with Gasteiger partial charge in [-0.3, -0.25) is 0 Å². The SMILES string of the molecule is CCNC(c1ccc(Br)cc1)c1ccc(CC)s1. The van der Waals surface area contributed by atoms with E-state index in [-0.39, 0.29) is 0 Å². The molecule has 0 saturated heterocycles. The zero-order valence-corrected chi connectivity index (χ0v) is 13.1. The lowest BCUT2D eigenvalue weighted by atomic mass is 10.1. The van der Waals surface area contributed by atoms with Crippen LogP contribution in [0, 0.1) is 0 Å². The lowest BCUT2D eigenvalue weighted by molar-refractivity contribution is 0.639. The fourth-order valence-electron chi connectivity index (χ4n) is 1.98. The Hall–Kier alpha value is -0.640. The Bertz CT molecular complexity index is 489. The predicted octanol–water partition coefficient (Wildman–Crippen LogP) is 4.77. The summed E-state index contributed by atoms with van der Waals surface area (Å²) in [5, 5.41) is 3.57. The third-order valence-electron chi connectivity index (χ3n) is 2.93. The molecule has 0 bridgehead atoms. The van der Waals surface area contributed by atoms with Gasteiger partial charge in [0.05, 0.1) is 6.04 Å². The first-order valence-electron chi connectivity index (χ1n) is 6.32. The molecule has 1 aromatic heterocycles. The average molecular weight is 324 g/mol. The van der Waals surface area contributed by atoms with Gasteiger partial charge >= 0.3 is 0 Å². The molecule has 0 fully saturated rings. The van der Waals surface area contributed by atoms with Crippen molar-refractivity contribution in [2.75, 3.05) is 6.54 Å². The van der Waals surface area contributed by atoms with Crippen molar-refractivity contribution in [2.45, 2.75) is 26.3 Å². The summed E-state index contributed by atoms with van der Waals surface area (Å²) in [4.78, 5) is 2.85. The topological polar surface area (TPSA) is 12.0 Å². The second-order valence-electron chi connectivity index (χ2n) is 4.20. The largest absolute Gasteiger partial charge is 0.306 e. The third kappa shape index (κ3) is 3.22. The van der Waals surface area contributed by atoms with Crippen molar-refractivity contribution in [3.05, 3.63) is 56.2 Å². The minimum atomic E-state index is 0.313. The normalized spacial score (nSPS) is 12.6. The van der Waals surface area contributed by atoms with Crippen molar-refractivity contribution in [1.29, 1.82) is 0 Å². The van der Waals surface area contributed by atoms with Crippen LogP contribution in [-0.2, 0) is 6.42 Å². The summed E-state index contributed by atoms with van der Waals surface area (Å²) < 4.78 is 1.13. The molecule has 1 nitrogen and oxygen atoms in total. The van der Waals surface area contributed by atoms with E-state index in [9.17, 15) is 0 Å². The van der Waals surface area contributed by atoms with Gasteiger partial charge in [-0.15, -0.1) is 11.3 Å². The van der Waals surface area contributed by atoms with Crippen LogP contribution >= 0.6 is 27.3 Å². The van der Waals surface area contributed by atoms with Crippen LogP contribution in [0.4, 0.5) is 0 Å². The van der Waals surface area contributed by atoms with Crippen molar-refractivity contribution in [3.8, 4) is 0 Å². The number of benzene rings is 1. The van der Waals surface area contributed by atoms with Gasteiger partial charge in [0.2, 0.25) is 0 Å². The van der Waals surface area contributed by atoms with Gasteiger partial charge in [-0.2, -0.15) is 0 Å². The van der Waals surface area contributed by atoms with E-state index in [0.29, 0.717) is 6.04 Å². The molecule has 0 radical (unpaired) electrons. The third-order valence-corrected chi connectivity index (χ3v) is 4.75. The van der Waals surface area contributed by atoms with E-state index in [0.717, 1.165) is 17.4 Å². The lowest BCUT2D eigenvalue weighted by Crippen LogP contribution is -2.20. The van der Waals surface area contributed by atoms with Crippen LogP contribution in [-0.4, -0.2) is 6.54 Å². The van der Waals surface area contributed by atoms with Gasteiger partial charge in [-0.1, -0.05) is 41.9 Å². The van der Waals surface area contributed by atoms with E-state index in [1.807, 2.05) is 11.3 Å². The molecule has 96 valence electrons. The summed E-state index contributed by atoms with van der Waals surface area (Å²) in [5.74, 6) is 0. The number of hydrogen-bond donors (Lipinski definition) is 1. The predicted molar refractivity (Wildman–Crippen MR) is 83.4 cm³/mol. The second kappa shape index (κ2) is 6.50. The first-order chi connectivity index (χ1) is 8.74. The summed E-state index contributed by atoms with van der Waals surface area (Å²) in [7, 11) is 0. The number of rotatable bonds is 5. The monoisotopic (exact) mass is 323 g/mol. The van der Waals surface area contributed by atoms with Gasteiger partial charge in [-0.05, 0) is 42.8 Å². The van der Waals surface area contributed by atoms with Gasteiger partial charge in [0.15, 0.2) is 0 Å². The van der Waals surface area contributed by atoms with Crippen LogP contribution in [0.3, 0.4) is 0 Å². The molecule has 2 aromatic rings. The molecule has 0 aliphatic carbocycles. The fourth-order valence-corrected chi connectivity index (χ4v) is 3.30. The zero-order chi connectivity index (χ0) is 13.0. The van der Waals surface area contributed by atoms with Crippen molar-refractivity contribution >= 4 is 27.3 Å². The summed E-state index contributed by atoms with van der Waals surface area (Å²) in [5.41, 5.74) is 1.32. The van der Waals surface area contributed by atoms with E-state index >= 15 is 0 Å². The molecule has 0 saturated carbocycles. The van der Waals surface area contributed by atoms with E-state index in [4.69, 9.17) is 0 Å². The fraction of sp³-hybridized carbons (Fsp3) is 0.333. The highest BCUT2D eigenvalue weighted by Gasteiger charge is 2.14. The Kier molecular flexibility index (Phi) is 4.98. The maximum Gasteiger partial charge on any atom is 0.0671 e. The molecule has 3 heteroatoms. The van der Waals surface area contributed by atoms with Gasteiger partial charge in [0.1, 0.15) is 0 Å². The molecule has 0 amide bonds. The van der Waals surface area contributed by atoms with Crippen LogP contribution in [0.15, 0.2) is 40.9 Å². The van der Waals surface area contributed by atoms with Crippen molar-refractivity contribution in [1.82, 2.24) is 5.32 Å². The van der Waals surface area contributed by atoms with E-state index in [1.165, 1.54) is 15.3 Å². The van der Waals surface area contributed by atoms with Crippen LogP contribution in [0.1, 0.15) is 35.2 Å². The number of hydrogen-bond acceptors (Lipinski definition) is 2. The number of thiophene rings is 1. The highest BCUT2D eigenvalue weighted by molar-refractivity contribution is 9.10. The van der Waals surface area contributed by atoms with E-state index in [1.54, 1.807) is 0 Å². The Labute approximate surface area is 121 Å². The maximum atomic E-state index is 3.57. The first kappa shape index (κ1) is 13.8. The summed E-state index contributed by atoms with van der Waals surface area (Å²) in [6, 6.07) is 13.4. The van der Waals surface area contributed by atoms with Gasteiger partial charge in [0, 0.05) is 14.2 Å². The summed E-state index contributed by atoms with van der Waals surface area (Å²) in [6.45, 7) is 5.33. The molecule has 0 aliphatic heterocycles. The highest BCUT2D eigenvalue weighted by Crippen LogP contribution is 2.29. The molecule has 18 heavy (non-hydrogen) atoms. The molecular formula is C15H18BrNS. The van der Waals surface area contributed by atoms with E-state index < -0.39 is 0 Å². The maximum absolute atomic E-state index is 3.57. The Morgan fingerprint density at radius 3 is 2.39 bits per heavy atom. The molecule has 1 N–H and O–H groups in total.